The minimum absolute atomic E-state index is 0.0203. The van der Waals surface area contributed by atoms with Crippen LogP contribution in [0, 0.1) is 5.92 Å². The number of nitrogens with one attached hydrogen (secondary N) is 2. The summed E-state index contributed by atoms with van der Waals surface area (Å²) in [5, 5.41) is 5.75. The number of pyridine rings is 1. The van der Waals surface area contributed by atoms with Gasteiger partial charge in [0.1, 0.15) is 5.82 Å². The summed E-state index contributed by atoms with van der Waals surface area (Å²) in [6.45, 7) is 3.62. The predicted molar refractivity (Wildman–Crippen MR) is 219 cm³/mol. The summed E-state index contributed by atoms with van der Waals surface area (Å²) in [5.41, 5.74) is 8.80. The highest BCUT2D eigenvalue weighted by Crippen LogP contribution is 2.32. The molecule has 3 amide bonds. The standard InChI is InChI=1S/C43H50N6O7S/c1-3-49(35-22-18-32(19-23-35)43(53)56-2)57(54,55)36-9-7-8-33(28-36)41(51)46-37-24-25-38(48-26-5-4-6-27-48)47-39(37)42(52)45-34-20-14-30(15-21-34)11-10-29-12-16-31(17-13-29)40(44)50/h7-9,12-17,20-21,24-25,28,32,35H,3-6,10-11,18-19,22-23,26-27H2,1-2H3,(H2,44,50)(H,45,52)(H,46,51). The smallest absolute Gasteiger partial charge is 0.308 e. The zero-order valence-electron chi connectivity index (χ0n) is 32.4. The maximum Gasteiger partial charge on any atom is 0.308 e. The van der Waals surface area contributed by atoms with Gasteiger partial charge in [-0.25, -0.2) is 13.4 Å². The van der Waals surface area contributed by atoms with E-state index < -0.39 is 27.7 Å². The van der Waals surface area contributed by atoms with Gasteiger partial charge in [-0.15, -0.1) is 0 Å². The van der Waals surface area contributed by atoms with Gasteiger partial charge in [-0.3, -0.25) is 19.2 Å². The van der Waals surface area contributed by atoms with Crippen LogP contribution in [0.3, 0.4) is 0 Å². The molecule has 2 fully saturated rings. The number of amides is 3. The Kier molecular flexibility index (Phi) is 13.4. The molecule has 4 N–H and O–H groups in total. The lowest BCUT2D eigenvalue weighted by Crippen LogP contribution is -2.43. The molecule has 4 aromatic rings. The number of hydrogen-bond donors (Lipinski definition) is 3. The van der Waals surface area contributed by atoms with Gasteiger partial charge in [0.25, 0.3) is 11.8 Å². The van der Waals surface area contributed by atoms with Crippen LogP contribution < -0.4 is 21.3 Å². The van der Waals surface area contributed by atoms with Crippen molar-refractivity contribution in [2.45, 2.75) is 75.6 Å². The van der Waals surface area contributed by atoms with Crippen molar-refractivity contribution in [2.24, 2.45) is 11.7 Å². The highest BCUT2D eigenvalue weighted by molar-refractivity contribution is 7.89. The van der Waals surface area contributed by atoms with Crippen molar-refractivity contribution in [1.82, 2.24) is 9.29 Å². The number of nitrogens with zero attached hydrogens (tertiary/aromatic N) is 3. The minimum atomic E-state index is -3.98. The molecule has 0 unspecified atom stereocenters. The molecule has 0 spiro atoms. The third-order valence-corrected chi connectivity index (χ3v) is 12.9. The lowest BCUT2D eigenvalue weighted by atomic mass is 9.86. The average molecular weight is 795 g/mol. The zero-order chi connectivity index (χ0) is 40.5. The van der Waals surface area contributed by atoms with E-state index in [0.717, 1.165) is 56.3 Å². The number of esters is 1. The second kappa shape index (κ2) is 18.6. The molecule has 1 saturated heterocycles. The number of nitrogens with two attached hydrogens (primary N) is 1. The van der Waals surface area contributed by atoms with Crippen LogP contribution in [0.2, 0.25) is 0 Å². The number of hydrogen-bond acceptors (Lipinski definition) is 9. The van der Waals surface area contributed by atoms with Crippen LogP contribution in [-0.4, -0.2) is 74.2 Å². The Morgan fingerprint density at radius 3 is 2.07 bits per heavy atom. The molecule has 0 atom stereocenters. The molecular formula is C43H50N6O7S. The molecular weight excluding hydrogens is 745 g/mol. The fraction of sp³-hybridized carbons (Fsp3) is 0.372. The third kappa shape index (κ3) is 10.0. The number of sulfonamides is 1. The zero-order valence-corrected chi connectivity index (χ0v) is 33.2. The molecule has 1 aliphatic carbocycles. The van der Waals surface area contributed by atoms with Crippen LogP contribution in [0.1, 0.15) is 94.2 Å². The van der Waals surface area contributed by atoms with Gasteiger partial charge in [-0.1, -0.05) is 37.3 Å². The summed E-state index contributed by atoms with van der Waals surface area (Å²) in [4.78, 5) is 57.9. The summed E-state index contributed by atoms with van der Waals surface area (Å²) < 4.78 is 34.2. The Morgan fingerprint density at radius 2 is 1.46 bits per heavy atom. The quantitative estimate of drug-likeness (QED) is 0.125. The van der Waals surface area contributed by atoms with Crippen molar-refractivity contribution in [3.63, 3.8) is 0 Å². The van der Waals surface area contributed by atoms with Crippen LogP contribution in [0.4, 0.5) is 17.2 Å². The normalized spacial score (nSPS) is 17.1. The number of aryl methyl sites for hydroxylation is 2. The fourth-order valence-corrected chi connectivity index (χ4v) is 9.35. The lowest BCUT2D eigenvalue weighted by Gasteiger charge is -2.34. The molecule has 300 valence electrons. The summed E-state index contributed by atoms with van der Waals surface area (Å²) in [5.74, 6) is -1.46. The Hall–Kier alpha value is -5.60. The van der Waals surface area contributed by atoms with Crippen molar-refractivity contribution in [3.8, 4) is 0 Å². The van der Waals surface area contributed by atoms with Crippen LogP contribution in [0.5, 0.6) is 0 Å². The van der Waals surface area contributed by atoms with Gasteiger partial charge in [0.15, 0.2) is 5.69 Å². The van der Waals surface area contributed by atoms with Gasteiger partial charge in [-0.2, -0.15) is 4.31 Å². The minimum Gasteiger partial charge on any atom is -0.469 e. The van der Waals surface area contributed by atoms with E-state index in [1.54, 1.807) is 31.2 Å². The number of primary amides is 1. The number of piperidine rings is 1. The highest BCUT2D eigenvalue weighted by Gasteiger charge is 2.35. The topological polar surface area (TPSA) is 181 Å². The monoisotopic (exact) mass is 794 g/mol. The number of carbonyl (C=O) groups is 4. The molecule has 0 radical (unpaired) electrons. The van der Waals surface area contributed by atoms with Gasteiger partial charge in [0.05, 0.1) is 23.6 Å². The van der Waals surface area contributed by atoms with E-state index in [0.29, 0.717) is 42.8 Å². The molecule has 1 aromatic heterocycles. The molecule has 13 nitrogen and oxygen atoms in total. The Bertz CT molecular complexity index is 2180. The van der Waals surface area contributed by atoms with Crippen molar-refractivity contribution in [1.29, 1.82) is 0 Å². The average Bonchev–Trinajstić information content (AvgIpc) is 3.24. The molecule has 2 heterocycles. The van der Waals surface area contributed by atoms with Crippen molar-refractivity contribution >= 4 is 50.9 Å². The summed E-state index contributed by atoms with van der Waals surface area (Å²) in [6, 6.07) is 23.7. The number of methoxy groups -OCH3 is 1. The summed E-state index contributed by atoms with van der Waals surface area (Å²) >= 11 is 0. The first-order valence-corrected chi connectivity index (χ1v) is 21.0. The first-order chi connectivity index (χ1) is 27.5. The van der Waals surface area contributed by atoms with Gasteiger partial charge in [0.2, 0.25) is 15.9 Å². The molecule has 1 aliphatic heterocycles. The number of aromatic nitrogens is 1. The summed E-state index contributed by atoms with van der Waals surface area (Å²) in [7, 11) is -2.62. The van der Waals surface area contributed by atoms with E-state index in [-0.39, 0.29) is 46.3 Å². The molecule has 6 rings (SSSR count). The van der Waals surface area contributed by atoms with E-state index >= 15 is 0 Å². The molecule has 1 saturated carbocycles. The molecule has 57 heavy (non-hydrogen) atoms. The Balaban J connectivity index is 1.17. The maximum absolute atomic E-state index is 13.9. The first kappa shape index (κ1) is 41.0. The van der Waals surface area contributed by atoms with E-state index in [1.807, 2.05) is 36.4 Å². The van der Waals surface area contributed by atoms with Gasteiger partial charge >= 0.3 is 5.97 Å². The molecule has 14 heteroatoms. The van der Waals surface area contributed by atoms with Crippen molar-refractivity contribution in [2.75, 3.05) is 42.3 Å². The molecule has 3 aromatic carbocycles. The number of ether oxygens (including phenoxy) is 1. The fourth-order valence-electron chi connectivity index (χ4n) is 7.61. The highest BCUT2D eigenvalue weighted by atomic mass is 32.2. The van der Waals surface area contributed by atoms with Crippen LogP contribution in [0.25, 0.3) is 0 Å². The largest absolute Gasteiger partial charge is 0.469 e. The van der Waals surface area contributed by atoms with Crippen LogP contribution in [-0.2, 0) is 32.4 Å². The third-order valence-electron chi connectivity index (χ3n) is 10.8. The SMILES string of the molecule is CCN(C1CCC(C(=O)OC)CC1)S(=O)(=O)c1cccc(C(=O)Nc2ccc(N3CCCCC3)nc2C(=O)Nc2ccc(CCc3ccc(C(N)=O)cc3)cc2)c1. The lowest BCUT2D eigenvalue weighted by molar-refractivity contribution is -0.146. The van der Waals surface area contributed by atoms with E-state index in [4.69, 9.17) is 15.5 Å². The number of anilines is 3. The maximum atomic E-state index is 13.9. The van der Waals surface area contributed by atoms with Crippen molar-refractivity contribution < 1.29 is 32.3 Å². The first-order valence-electron chi connectivity index (χ1n) is 19.5. The summed E-state index contributed by atoms with van der Waals surface area (Å²) in [6.07, 6.45) is 6.77. The van der Waals surface area contributed by atoms with Gasteiger partial charge < -0.3 is 26.0 Å². The van der Waals surface area contributed by atoms with Crippen molar-refractivity contribution in [3.05, 3.63) is 113 Å². The van der Waals surface area contributed by atoms with E-state index in [9.17, 15) is 27.6 Å². The number of rotatable bonds is 14. The predicted octanol–water partition coefficient (Wildman–Crippen LogP) is 6.20. The van der Waals surface area contributed by atoms with E-state index in [2.05, 4.69) is 15.5 Å². The molecule has 2 aliphatic rings. The van der Waals surface area contributed by atoms with Crippen LogP contribution in [0.15, 0.2) is 89.8 Å². The van der Waals surface area contributed by atoms with Gasteiger partial charge in [-0.05, 0) is 124 Å². The Morgan fingerprint density at radius 1 is 0.807 bits per heavy atom. The number of benzene rings is 3. The molecule has 0 bridgehead atoms. The Labute approximate surface area is 334 Å². The van der Waals surface area contributed by atoms with Gasteiger partial charge in [0, 0.05) is 42.5 Å². The number of carbonyl (C=O) groups excluding carboxylic acids is 4. The van der Waals surface area contributed by atoms with E-state index in [1.165, 1.54) is 35.7 Å². The second-order valence-corrected chi connectivity index (χ2v) is 16.4. The second-order valence-electron chi connectivity index (χ2n) is 14.5. The van der Waals surface area contributed by atoms with Crippen LogP contribution >= 0.6 is 0 Å².